The molecule has 0 aromatic heterocycles. The van der Waals surface area contributed by atoms with Gasteiger partial charge in [-0.05, 0) is 69.6 Å². The van der Waals surface area contributed by atoms with Crippen molar-refractivity contribution in [1.82, 2.24) is 5.43 Å². The first-order valence-electron chi connectivity index (χ1n) is 6.30. The lowest BCUT2D eigenvalue weighted by Crippen LogP contribution is -2.23. The number of nitrogens with one attached hydrogen (secondary N) is 1. The molecule has 0 saturated heterocycles. The minimum atomic E-state index is 0.129. The molecule has 4 nitrogen and oxygen atoms in total. The summed E-state index contributed by atoms with van der Waals surface area (Å²) in [5.41, 5.74) is 9.79. The van der Waals surface area contributed by atoms with E-state index in [1.165, 1.54) is 0 Å². The molecule has 0 aliphatic heterocycles. The number of nitrogens with two attached hydrogens (primary N) is 1. The van der Waals surface area contributed by atoms with Gasteiger partial charge in [-0.2, -0.15) is 5.10 Å². The Hall–Kier alpha value is -1.44. The average Bonchev–Trinajstić information content (AvgIpc) is 2.48. The van der Waals surface area contributed by atoms with Gasteiger partial charge in [0, 0.05) is 4.47 Å². The monoisotopic (exact) mass is 441 g/mol. The zero-order valence-corrected chi connectivity index (χ0v) is 15.4. The van der Waals surface area contributed by atoms with Gasteiger partial charge in [0.25, 0.3) is 0 Å². The van der Waals surface area contributed by atoms with Crippen molar-refractivity contribution >= 4 is 55.4 Å². The maximum absolute atomic E-state index is 5.80. The van der Waals surface area contributed by atoms with Crippen molar-refractivity contribution in [3.63, 3.8) is 0 Å². The predicted octanol–water partition coefficient (Wildman–Crippen LogP) is 3.96. The second kappa shape index (κ2) is 8.26. The number of nitrogens with zero attached hydrogens (tertiary/aromatic N) is 1. The molecule has 2 rings (SSSR count). The van der Waals surface area contributed by atoms with Crippen molar-refractivity contribution in [2.45, 2.75) is 6.61 Å². The number of halogens is 2. The van der Waals surface area contributed by atoms with E-state index in [1.807, 2.05) is 42.5 Å². The van der Waals surface area contributed by atoms with Gasteiger partial charge in [0.05, 0.1) is 10.7 Å². The SMILES string of the molecule is NC(=S)N/N=C\c1ccc(OCc2ccc(Br)cc2)c(Br)c1. The summed E-state index contributed by atoms with van der Waals surface area (Å²) in [4.78, 5) is 0. The average molecular weight is 443 g/mol. The molecule has 0 bridgehead atoms. The Kier molecular flexibility index (Phi) is 6.35. The lowest BCUT2D eigenvalue weighted by molar-refractivity contribution is 0.304. The first kappa shape index (κ1) is 16.9. The van der Waals surface area contributed by atoms with Gasteiger partial charge in [0.15, 0.2) is 5.11 Å². The highest BCUT2D eigenvalue weighted by Gasteiger charge is 2.03. The molecule has 0 radical (unpaired) electrons. The smallest absolute Gasteiger partial charge is 0.184 e. The van der Waals surface area contributed by atoms with E-state index in [1.54, 1.807) is 6.21 Å². The topological polar surface area (TPSA) is 59.6 Å². The fourth-order valence-electron chi connectivity index (χ4n) is 1.63. The Morgan fingerprint density at radius 2 is 1.95 bits per heavy atom. The molecule has 7 heteroatoms. The van der Waals surface area contributed by atoms with E-state index >= 15 is 0 Å². The Morgan fingerprint density at radius 1 is 1.23 bits per heavy atom. The van der Waals surface area contributed by atoms with Crippen molar-refractivity contribution in [3.8, 4) is 5.75 Å². The van der Waals surface area contributed by atoms with Crippen molar-refractivity contribution in [2.24, 2.45) is 10.8 Å². The first-order valence-corrected chi connectivity index (χ1v) is 8.29. The Labute approximate surface area is 151 Å². The third-order valence-electron chi connectivity index (χ3n) is 2.65. The largest absolute Gasteiger partial charge is 0.488 e. The van der Waals surface area contributed by atoms with Crippen LogP contribution in [-0.2, 0) is 6.61 Å². The van der Waals surface area contributed by atoms with E-state index in [4.69, 9.17) is 10.5 Å². The summed E-state index contributed by atoms with van der Waals surface area (Å²) in [5, 5.41) is 4.04. The molecule has 0 unspecified atom stereocenters. The van der Waals surface area contributed by atoms with Crippen LogP contribution < -0.4 is 15.9 Å². The highest BCUT2D eigenvalue weighted by Crippen LogP contribution is 2.26. The second-order valence-corrected chi connectivity index (χ2v) is 6.55. The van der Waals surface area contributed by atoms with Gasteiger partial charge >= 0.3 is 0 Å². The van der Waals surface area contributed by atoms with E-state index < -0.39 is 0 Å². The molecule has 0 aliphatic carbocycles. The Bertz CT molecular complexity index is 690. The standard InChI is InChI=1S/C15H13Br2N3OS/c16-12-4-1-10(2-5-12)9-21-14-6-3-11(7-13(14)17)8-19-20-15(18)22/h1-8H,9H2,(H3,18,20,22)/b19-8-. The van der Waals surface area contributed by atoms with Crippen molar-refractivity contribution in [2.75, 3.05) is 0 Å². The zero-order chi connectivity index (χ0) is 15.9. The van der Waals surface area contributed by atoms with Crippen LogP contribution >= 0.6 is 44.1 Å². The van der Waals surface area contributed by atoms with E-state index in [-0.39, 0.29) is 5.11 Å². The molecule has 0 spiro atoms. The summed E-state index contributed by atoms with van der Waals surface area (Å²) in [5.74, 6) is 0.766. The highest BCUT2D eigenvalue weighted by atomic mass is 79.9. The molecule has 3 N–H and O–H groups in total. The van der Waals surface area contributed by atoms with Crippen LogP contribution in [0, 0.1) is 0 Å². The number of hydrogen-bond acceptors (Lipinski definition) is 3. The van der Waals surface area contributed by atoms with Crippen molar-refractivity contribution < 1.29 is 4.74 Å². The van der Waals surface area contributed by atoms with Gasteiger partial charge in [0.2, 0.25) is 0 Å². The van der Waals surface area contributed by atoms with Crippen LogP contribution in [0.15, 0.2) is 56.5 Å². The fourth-order valence-corrected chi connectivity index (χ4v) is 2.45. The van der Waals surface area contributed by atoms with Crippen LogP contribution in [0.4, 0.5) is 0 Å². The number of hydrogen-bond donors (Lipinski definition) is 2. The lowest BCUT2D eigenvalue weighted by Gasteiger charge is -2.09. The summed E-state index contributed by atoms with van der Waals surface area (Å²) >= 11 is 11.6. The summed E-state index contributed by atoms with van der Waals surface area (Å²) in [6, 6.07) is 13.7. The minimum absolute atomic E-state index is 0.129. The number of hydrazone groups is 1. The van der Waals surface area contributed by atoms with Crippen LogP contribution in [0.5, 0.6) is 5.75 Å². The second-order valence-electron chi connectivity index (χ2n) is 4.34. The van der Waals surface area contributed by atoms with Crippen LogP contribution in [0.3, 0.4) is 0 Å². The summed E-state index contributed by atoms with van der Waals surface area (Å²) in [6.45, 7) is 0.502. The Balaban J connectivity index is 1.98. The number of thiocarbonyl (C=S) groups is 1. The fraction of sp³-hybridized carbons (Fsp3) is 0.0667. The number of benzene rings is 2. The third-order valence-corrected chi connectivity index (χ3v) is 3.89. The van der Waals surface area contributed by atoms with Crippen molar-refractivity contribution in [1.29, 1.82) is 0 Å². The highest BCUT2D eigenvalue weighted by molar-refractivity contribution is 9.10. The summed E-state index contributed by atoms with van der Waals surface area (Å²) in [7, 11) is 0. The molecular formula is C15H13Br2N3OS. The quantitative estimate of drug-likeness (QED) is 0.418. The minimum Gasteiger partial charge on any atom is -0.488 e. The van der Waals surface area contributed by atoms with E-state index in [9.17, 15) is 0 Å². The van der Waals surface area contributed by atoms with Gasteiger partial charge in [-0.25, -0.2) is 0 Å². The van der Waals surface area contributed by atoms with Gasteiger partial charge in [-0.3, -0.25) is 5.43 Å². The van der Waals surface area contributed by atoms with Crippen LogP contribution in [-0.4, -0.2) is 11.3 Å². The van der Waals surface area contributed by atoms with E-state index in [0.29, 0.717) is 6.61 Å². The van der Waals surface area contributed by atoms with Gasteiger partial charge in [0.1, 0.15) is 12.4 Å². The molecule has 2 aromatic carbocycles. The van der Waals surface area contributed by atoms with Crippen LogP contribution in [0.2, 0.25) is 0 Å². The molecule has 0 heterocycles. The molecule has 0 saturated carbocycles. The molecule has 0 amide bonds. The van der Waals surface area contributed by atoms with E-state index in [2.05, 4.69) is 54.6 Å². The molecule has 22 heavy (non-hydrogen) atoms. The van der Waals surface area contributed by atoms with Gasteiger partial charge in [-0.1, -0.05) is 28.1 Å². The molecule has 114 valence electrons. The Morgan fingerprint density at radius 3 is 2.59 bits per heavy atom. The maximum atomic E-state index is 5.80. The molecule has 0 fully saturated rings. The van der Waals surface area contributed by atoms with Crippen LogP contribution in [0.1, 0.15) is 11.1 Å². The first-order chi connectivity index (χ1) is 10.5. The number of ether oxygens (including phenoxy) is 1. The van der Waals surface area contributed by atoms with Crippen molar-refractivity contribution in [3.05, 3.63) is 62.5 Å². The molecule has 0 atom stereocenters. The summed E-state index contributed by atoms with van der Waals surface area (Å²) < 4.78 is 7.70. The molecular weight excluding hydrogens is 430 g/mol. The molecule has 2 aromatic rings. The van der Waals surface area contributed by atoms with Gasteiger partial charge in [-0.15, -0.1) is 0 Å². The third kappa shape index (κ3) is 5.40. The van der Waals surface area contributed by atoms with Crippen LogP contribution in [0.25, 0.3) is 0 Å². The summed E-state index contributed by atoms with van der Waals surface area (Å²) in [6.07, 6.45) is 1.63. The zero-order valence-electron chi connectivity index (χ0n) is 11.4. The van der Waals surface area contributed by atoms with Gasteiger partial charge < -0.3 is 10.5 Å². The number of rotatable bonds is 5. The predicted molar refractivity (Wildman–Crippen MR) is 100 cm³/mol. The lowest BCUT2D eigenvalue weighted by atomic mass is 10.2. The normalized spacial score (nSPS) is 10.6. The maximum Gasteiger partial charge on any atom is 0.184 e. The molecule has 0 aliphatic rings. The van der Waals surface area contributed by atoms with E-state index in [0.717, 1.165) is 25.8 Å².